The third kappa shape index (κ3) is 7.12. The number of fused-ring (bicyclic) bond motifs is 1. The fraction of sp³-hybridized carbons (Fsp3) is 0.536. The van der Waals surface area contributed by atoms with Crippen molar-refractivity contribution in [3.8, 4) is 0 Å². The zero-order chi connectivity index (χ0) is 33.2. The summed E-state index contributed by atoms with van der Waals surface area (Å²) in [5.74, 6) is -3.41. The lowest BCUT2D eigenvalue weighted by atomic mass is 10.0. The number of amides is 1. The van der Waals surface area contributed by atoms with Crippen LogP contribution in [0, 0.1) is 18.7 Å². The average molecular weight is 554 g/mol. The van der Waals surface area contributed by atoms with Crippen LogP contribution >= 0.6 is 0 Å². The van der Waals surface area contributed by atoms with E-state index in [-0.39, 0.29) is 23.8 Å². The Hall–Kier alpha value is -2.50. The van der Waals surface area contributed by atoms with Gasteiger partial charge in [0.2, 0.25) is 10.0 Å². The molecule has 0 aromatic heterocycles. The second-order valence-corrected chi connectivity index (χ2v) is 11.5. The van der Waals surface area contributed by atoms with Crippen LogP contribution in [0.1, 0.15) is 40.8 Å². The van der Waals surface area contributed by atoms with Crippen LogP contribution in [-0.4, -0.2) is 74.8 Å². The normalized spacial score (nSPS) is 26.5. The second kappa shape index (κ2) is 12.6. The molecule has 0 saturated carbocycles. The molecule has 0 bridgehead atoms. The molecule has 0 radical (unpaired) electrons. The summed E-state index contributed by atoms with van der Waals surface area (Å²) in [5, 5.41) is 14.1. The van der Waals surface area contributed by atoms with Crippen molar-refractivity contribution in [3.63, 3.8) is 0 Å². The van der Waals surface area contributed by atoms with Gasteiger partial charge in [-0.05, 0) is 43.4 Å². The molecule has 2 aromatic rings. The molecule has 2 aliphatic heterocycles. The van der Waals surface area contributed by atoms with Crippen LogP contribution in [0.25, 0.3) is 0 Å². The highest BCUT2D eigenvalue weighted by atomic mass is 32.2. The highest BCUT2D eigenvalue weighted by Crippen LogP contribution is 2.33. The third-order valence-electron chi connectivity index (χ3n) is 6.69. The van der Waals surface area contributed by atoms with Gasteiger partial charge in [-0.3, -0.25) is 0 Å². The van der Waals surface area contributed by atoms with Gasteiger partial charge in [-0.2, -0.15) is 4.31 Å². The van der Waals surface area contributed by atoms with Crippen LogP contribution in [0.5, 0.6) is 0 Å². The highest BCUT2D eigenvalue weighted by Gasteiger charge is 2.44. The molecule has 1 amide bonds. The molecule has 208 valence electrons. The number of aliphatic hydroxyl groups excluding tert-OH is 1. The molecule has 0 spiro atoms. The van der Waals surface area contributed by atoms with Crippen LogP contribution in [0.4, 0.5) is 4.79 Å². The van der Waals surface area contributed by atoms with Crippen molar-refractivity contribution in [3.05, 3.63) is 65.7 Å². The SMILES string of the molecule is [2H]C([2H])([2H])C([2H])(CN(C[C@@H](O)[C@H](Cc1ccccc1)NC(=O)O[C@H]1CO[C@H]2OCC[C@H]21)S(=O)(=O)c1ccc(C)cc1)C([2H])([2H])[2H]. The van der Waals surface area contributed by atoms with Crippen LogP contribution in [-0.2, 0) is 30.7 Å². The van der Waals surface area contributed by atoms with Gasteiger partial charge in [-0.25, -0.2) is 13.2 Å². The van der Waals surface area contributed by atoms with Crippen molar-refractivity contribution in [2.45, 2.75) is 62.9 Å². The molecular weight excluding hydrogens is 508 g/mol. The van der Waals surface area contributed by atoms with Crippen LogP contribution in [0.15, 0.2) is 59.5 Å². The topological polar surface area (TPSA) is 114 Å². The summed E-state index contributed by atoms with van der Waals surface area (Å²) in [6.45, 7) is -6.69. The molecule has 9 nitrogen and oxygen atoms in total. The molecule has 2 saturated heterocycles. The molecule has 5 atom stereocenters. The first kappa shape index (κ1) is 20.4. The van der Waals surface area contributed by atoms with E-state index in [0.29, 0.717) is 22.9 Å². The summed E-state index contributed by atoms with van der Waals surface area (Å²) in [7, 11) is -4.65. The molecule has 0 aliphatic carbocycles. The van der Waals surface area contributed by atoms with Gasteiger partial charge in [0.1, 0.15) is 6.10 Å². The summed E-state index contributed by atoms with van der Waals surface area (Å²) in [5.41, 5.74) is 1.40. The minimum absolute atomic E-state index is 0.0103. The number of aliphatic hydroxyl groups is 1. The maximum absolute atomic E-state index is 13.9. The number of rotatable bonds is 11. The number of sulfonamides is 1. The van der Waals surface area contributed by atoms with Crippen molar-refractivity contribution in [2.75, 3.05) is 26.3 Å². The molecule has 0 unspecified atom stereocenters. The fourth-order valence-electron chi connectivity index (χ4n) is 4.64. The Morgan fingerprint density at radius 2 is 1.92 bits per heavy atom. The number of benzene rings is 2. The van der Waals surface area contributed by atoms with E-state index in [4.69, 9.17) is 23.8 Å². The van der Waals surface area contributed by atoms with E-state index in [9.17, 15) is 18.3 Å². The van der Waals surface area contributed by atoms with Crippen molar-refractivity contribution in [1.29, 1.82) is 0 Å². The van der Waals surface area contributed by atoms with E-state index in [0.717, 1.165) is 5.56 Å². The number of ether oxygens (including phenoxy) is 3. The highest BCUT2D eigenvalue weighted by molar-refractivity contribution is 7.89. The van der Waals surface area contributed by atoms with E-state index in [1.54, 1.807) is 37.3 Å². The van der Waals surface area contributed by atoms with Crippen molar-refractivity contribution in [1.82, 2.24) is 9.62 Å². The van der Waals surface area contributed by atoms with Gasteiger partial charge in [-0.15, -0.1) is 0 Å². The van der Waals surface area contributed by atoms with E-state index < -0.39 is 73.3 Å². The van der Waals surface area contributed by atoms with Gasteiger partial charge in [0.25, 0.3) is 0 Å². The summed E-state index contributed by atoms with van der Waals surface area (Å²) in [4.78, 5) is 12.8. The molecule has 2 fully saturated rings. The second-order valence-electron chi connectivity index (χ2n) is 9.57. The number of carbonyl (C=O) groups excluding carboxylic acids is 1. The molecule has 2 aromatic carbocycles. The Balaban J connectivity index is 1.64. The predicted molar refractivity (Wildman–Crippen MR) is 142 cm³/mol. The Kier molecular flexibility index (Phi) is 6.75. The van der Waals surface area contributed by atoms with Crippen LogP contribution in [0.3, 0.4) is 0 Å². The van der Waals surface area contributed by atoms with Gasteiger partial charge < -0.3 is 24.6 Å². The molecule has 2 heterocycles. The lowest BCUT2D eigenvalue weighted by Crippen LogP contribution is -2.51. The maximum atomic E-state index is 13.9. The number of hydrogen-bond acceptors (Lipinski definition) is 7. The number of nitrogens with one attached hydrogen (secondary N) is 1. The monoisotopic (exact) mass is 553 g/mol. The van der Waals surface area contributed by atoms with Gasteiger partial charge in [0.05, 0.1) is 36.2 Å². The lowest BCUT2D eigenvalue weighted by Gasteiger charge is -2.31. The molecule has 38 heavy (non-hydrogen) atoms. The summed E-state index contributed by atoms with van der Waals surface area (Å²) in [6, 6.07) is 13.1. The summed E-state index contributed by atoms with van der Waals surface area (Å²) in [6.07, 6.45) is -3.03. The minimum Gasteiger partial charge on any atom is -0.443 e. The molecule has 2 aliphatic rings. The van der Waals surface area contributed by atoms with Crippen molar-refractivity contribution >= 4 is 16.1 Å². The average Bonchev–Trinajstić information content (AvgIpc) is 3.57. The number of nitrogens with zero attached hydrogens (tertiary/aromatic N) is 1. The van der Waals surface area contributed by atoms with Gasteiger partial charge in [0, 0.05) is 22.7 Å². The van der Waals surface area contributed by atoms with E-state index in [1.165, 1.54) is 24.3 Å². The smallest absolute Gasteiger partial charge is 0.407 e. The number of alkyl carbamates (subject to hydrolysis) is 1. The molecule has 4 rings (SSSR count). The van der Waals surface area contributed by atoms with Gasteiger partial charge in [0.15, 0.2) is 6.29 Å². The zero-order valence-electron chi connectivity index (χ0n) is 28.1. The third-order valence-corrected chi connectivity index (χ3v) is 8.52. The number of hydrogen-bond donors (Lipinski definition) is 2. The lowest BCUT2D eigenvalue weighted by molar-refractivity contribution is -0.0907. The van der Waals surface area contributed by atoms with Gasteiger partial charge in [-0.1, -0.05) is 61.7 Å². The Morgan fingerprint density at radius 1 is 1.18 bits per heavy atom. The summed E-state index contributed by atoms with van der Waals surface area (Å²) >= 11 is 0. The molecular formula is C28H38N2O7S. The van der Waals surface area contributed by atoms with E-state index in [2.05, 4.69) is 5.32 Å². The number of aryl methyl sites for hydroxylation is 1. The summed E-state index contributed by atoms with van der Waals surface area (Å²) < 4.78 is 100. The number of carbonyl (C=O) groups is 1. The first-order valence-corrected chi connectivity index (χ1v) is 13.9. The van der Waals surface area contributed by atoms with Crippen LogP contribution in [0.2, 0.25) is 0 Å². The predicted octanol–water partition coefficient (Wildman–Crippen LogP) is 3.10. The first-order chi connectivity index (χ1) is 20.9. The fourth-order valence-corrected chi connectivity index (χ4v) is 6.07. The standard InChI is InChI=1S/C28H38N2O7S/c1-19(2)16-30(38(33,34)22-11-9-20(3)10-12-22)17-25(31)24(15-21-7-5-4-6-8-21)29-28(32)37-26-18-36-27-23(26)13-14-35-27/h4-12,19,23-27,31H,13-18H2,1-3H3,(H,29,32)/t23-,24-,25+,26-,27+/m0/s1/i1D3,2D3,19D. The first-order valence-electron chi connectivity index (χ1n) is 15.9. The maximum Gasteiger partial charge on any atom is 0.407 e. The van der Waals surface area contributed by atoms with E-state index >= 15 is 0 Å². The Morgan fingerprint density at radius 3 is 2.63 bits per heavy atom. The Bertz CT molecular complexity index is 1400. The van der Waals surface area contributed by atoms with Crippen LogP contribution < -0.4 is 5.32 Å². The van der Waals surface area contributed by atoms with Crippen molar-refractivity contribution in [2.24, 2.45) is 11.8 Å². The Labute approximate surface area is 235 Å². The zero-order valence-corrected chi connectivity index (χ0v) is 21.9. The quantitative estimate of drug-likeness (QED) is 0.440. The van der Waals surface area contributed by atoms with Gasteiger partial charge >= 0.3 is 6.09 Å². The minimum atomic E-state index is -4.65. The van der Waals surface area contributed by atoms with Crippen molar-refractivity contribution < 1.29 is 42.1 Å². The van der Waals surface area contributed by atoms with E-state index in [1.807, 2.05) is 0 Å². The molecule has 2 N–H and O–H groups in total. The largest absolute Gasteiger partial charge is 0.443 e. The molecule has 10 heteroatoms.